The number of carboxylic acids is 1. The van der Waals surface area contributed by atoms with Crippen molar-refractivity contribution in [3.63, 3.8) is 0 Å². The summed E-state index contributed by atoms with van der Waals surface area (Å²) in [6, 6.07) is -0.539. The summed E-state index contributed by atoms with van der Waals surface area (Å²) in [6.45, 7) is 5.99. The van der Waals surface area contributed by atoms with Gasteiger partial charge in [0.05, 0.1) is 6.54 Å². The van der Waals surface area contributed by atoms with Crippen molar-refractivity contribution in [1.82, 2.24) is 14.7 Å². The van der Waals surface area contributed by atoms with Crippen LogP contribution in [0, 0.1) is 11.8 Å². The van der Waals surface area contributed by atoms with E-state index in [0.717, 1.165) is 45.2 Å². The molecule has 0 aromatic carbocycles. The van der Waals surface area contributed by atoms with Gasteiger partial charge in [-0.05, 0) is 51.0 Å². The van der Waals surface area contributed by atoms with Crippen LogP contribution in [-0.4, -0.2) is 82.9 Å². The summed E-state index contributed by atoms with van der Waals surface area (Å²) in [5.41, 5.74) is 0. The third kappa shape index (κ3) is 5.00. The maximum Gasteiger partial charge on any atom is 0.320 e. The van der Waals surface area contributed by atoms with Crippen LogP contribution < -0.4 is 0 Å². The van der Waals surface area contributed by atoms with Crippen LogP contribution in [0.5, 0.6) is 0 Å². The van der Waals surface area contributed by atoms with Gasteiger partial charge in [0.25, 0.3) is 0 Å². The Morgan fingerprint density at radius 3 is 2.30 bits per heavy atom. The molecule has 3 rings (SSSR count). The Hall–Kier alpha value is -1.63. The molecule has 0 spiro atoms. The molecule has 27 heavy (non-hydrogen) atoms. The predicted octanol–water partition coefficient (Wildman–Crippen LogP) is 1.42. The highest BCUT2D eigenvalue weighted by molar-refractivity contribution is 5.82. The van der Waals surface area contributed by atoms with Crippen LogP contribution in [0.15, 0.2) is 0 Å². The van der Waals surface area contributed by atoms with Crippen molar-refractivity contribution in [1.29, 1.82) is 0 Å². The van der Waals surface area contributed by atoms with Crippen LogP contribution in [0.2, 0.25) is 0 Å². The van der Waals surface area contributed by atoms with E-state index in [2.05, 4.69) is 6.92 Å². The van der Waals surface area contributed by atoms with E-state index in [1.165, 1.54) is 6.42 Å². The van der Waals surface area contributed by atoms with Crippen LogP contribution in [0.4, 0.5) is 0 Å². The summed E-state index contributed by atoms with van der Waals surface area (Å²) in [5, 5.41) is 9.36. The van der Waals surface area contributed by atoms with Gasteiger partial charge < -0.3 is 14.9 Å². The molecule has 0 radical (unpaired) electrons. The minimum atomic E-state index is -0.831. The molecule has 0 aromatic heterocycles. The maximum atomic E-state index is 12.8. The second kappa shape index (κ2) is 9.04. The molecule has 2 unspecified atom stereocenters. The number of carboxylic acid groups (broad SMARTS) is 1. The lowest BCUT2D eigenvalue weighted by atomic mass is 9.92. The molecule has 2 atom stereocenters. The largest absolute Gasteiger partial charge is 0.480 e. The Morgan fingerprint density at radius 1 is 0.889 bits per heavy atom. The van der Waals surface area contributed by atoms with Gasteiger partial charge in [-0.2, -0.15) is 0 Å². The van der Waals surface area contributed by atoms with Gasteiger partial charge in [-0.1, -0.05) is 13.3 Å². The van der Waals surface area contributed by atoms with E-state index >= 15 is 0 Å². The lowest BCUT2D eigenvalue weighted by Gasteiger charge is -2.38. The summed E-state index contributed by atoms with van der Waals surface area (Å²) in [7, 11) is 0. The molecule has 2 amide bonds. The first-order valence-electron chi connectivity index (χ1n) is 10.5. The van der Waals surface area contributed by atoms with Gasteiger partial charge in [0.2, 0.25) is 11.8 Å². The van der Waals surface area contributed by atoms with Crippen LogP contribution in [-0.2, 0) is 14.4 Å². The van der Waals surface area contributed by atoms with Gasteiger partial charge in [-0.15, -0.1) is 0 Å². The number of nitrogens with zero attached hydrogens (tertiary/aromatic N) is 3. The molecule has 3 aliphatic heterocycles. The molecule has 1 N–H and O–H groups in total. The first-order valence-corrected chi connectivity index (χ1v) is 10.5. The zero-order valence-electron chi connectivity index (χ0n) is 16.4. The fourth-order valence-electron chi connectivity index (χ4n) is 4.76. The smallest absolute Gasteiger partial charge is 0.320 e. The molecule has 3 saturated heterocycles. The fourth-order valence-corrected chi connectivity index (χ4v) is 4.76. The highest BCUT2D eigenvalue weighted by atomic mass is 16.4. The lowest BCUT2D eigenvalue weighted by Crippen LogP contribution is -2.52. The second-order valence-corrected chi connectivity index (χ2v) is 8.51. The number of hydrogen-bond donors (Lipinski definition) is 1. The van der Waals surface area contributed by atoms with Crippen LogP contribution in [0.25, 0.3) is 0 Å². The minimum absolute atomic E-state index is 0.000596. The van der Waals surface area contributed by atoms with E-state index in [1.807, 2.05) is 9.80 Å². The average molecular weight is 380 g/mol. The van der Waals surface area contributed by atoms with Crippen molar-refractivity contribution in [3.05, 3.63) is 0 Å². The molecule has 0 aromatic rings. The van der Waals surface area contributed by atoms with E-state index in [4.69, 9.17) is 0 Å². The number of hydrogen-bond acceptors (Lipinski definition) is 4. The van der Waals surface area contributed by atoms with Gasteiger partial charge >= 0.3 is 5.97 Å². The Kier molecular flexibility index (Phi) is 6.73. The average Bonchev–Trinajstić information content (AvgIpc) is 2.67. The summed E-state index contributed by atoms with van der Waals surface area (Å²) < 4.78 is 0. The molecular weight excluding hydrogens is 346 g/mol. The number of carbonyl (C=O) groups is 3. The van der Waals surface area contributed by atoms with Gasteiger partial charge in [0, 0.05) is 32.1 Å². The van der Waals surface area contributed by atoms with Crippen molar-refractivity contribution in [2.45, 2.75) is 57.9 Å². The molecular formula is C20H33N3O4. The highest BCUT2D eigenvalue weighted by Gasteiger charge is 2.34. The molecule has 0 bridgehead atoms. The summed E-state index contributed by atoms with van der Waals surface area (Å²) in [6.07, 6.45) is 6.20. The first kappa shape index (κ1) is 20.1. The molecule has 3 heterocycles. The minimum Gasteiger partial charge on any atom is -0.480 e. The molecule has 0 saturated carbocycles. The lowest BCUT2D eigenvalue weighted by molar-refractivity contribution is -0.147. The monoisotopic (exact) mass is 379 g/mol. The van der Waals surface area contributed by atoms with Gasteiger partial charge in [0.15, 0.2) is 0 Å². The summed E-state index contributed by atoms with van der Waals surface area (Å²) in [5.74, 6) is 0.0380. The molecule has 3 fully saturated rings. The topological polar surface area (TPSA) is 81.2 Å². The van der Waals surface area contributed by atoms with E-state index < -0.39 is 12.0 Å². The SMILES string of the molecule is CC1CCCN(C(=O)C2CCN(C(=O)CN3CCCCC3C(=O)O)CC2)C1. The van der Waals surface area contributed by atoms with Crippen molar-refractivity contribution in [2.24, 2.45) is 11.8 Å². The highest BCUT2D eigenvalue weighted by Crippen LogP contribution is 2.24. The Labute approximate surface area is 161 Å². The van der Waals surface area contributed by atoms with E-state index in [0.29, 0.717) is 32.0 Å². The molecule has 7 nitrogen and oxygen atoms in total. The van der Waals surface area contributed by atoms with Crippen LogP contribution in [0.3, 0.4) is 0 Å². The van der Waals surface area contributed by atoms with E-state index in [-0.39, 0.29) is 24.3 Å². The zero-order valence-corrected chi connectivity index (χ0v) is 16.4. The van der Waals surface area contributed by atoms with Crippen molar-refractivity contribution in [2.75, 3.05) is 39.3 Å². The molecule has 7 heteroatoms. The Bertz CT molecular complexity index is 559. The van der Waals surface area contributed by atoms with E-state index in [1.54, 1.807) is 4.90 Å². The number of carbonyl (C=O) groups excluding carboxylic acids is 2. The van der Waals surface area contributed by atoms with Crippen molar-refractivity contribution < 1.29 is 19.5 Å². The second-order valence-electron chi connectivity index (χ2n) is 8.51. The zero-order chi connectivity index (χ0) is 19.4. The molecule has 0 aliphatic carbocycles. The van der Waals surface area contributed by atoms with Crippen molar-refractivity contribution in [3.8, 4) is 0 Å². The Morgan fingerprint density at radius 2 is 1.63 bits per heavy atom. The Balaban J connectivity index is 1.47. The number of piperidine rings is 3. The third-order valence-electron chi connectivity index (χ3n) is 6.40. The maximum absolute atomic E-state index is 12.8. The van der Waals surface area contributed by atoms with Crippen molar-refractivity contribution >= 4 is 17.8 Å². The van der Waals surface area contributed by atoms with Gasteiger partial charge in [0.1, 0.15) is 6.04 Å². The first-order chi connectivity index (χ1) is 13.0. The summed E-state index contributed by atoms with van der Waals surface area (Å²) >= 11 is 0. The number of rotatable bonds is 4. The number of likely N-dealkylation sites (tertiary alicyclic amines) is 3. The molecule has 3 aliphatic rings. The number of amides is 2. The van der Waals surface area contributed by atoms with Crippen LogP contribution >= 0.6 is 0 Å². The molecule has 152 valence electrons. The van der Waals surface area contributed by atoms with E-state index in [9.17, 15) is 19.5 Å². The van der Waals surface area contributed by atoms with Gasteiger partial charge in [-0.3, -0.25) is 19.3 Å². The predicted molar refractivity (Wildman–Crippen MR) is 101 cm³/mol. The quantitative estimate of drug-likeness (QED) is 0.799. The third-order valence-corrected chi connectivity index (χ3v) is 6.40. The fraction of sp³-hybridized carbons (Fsp3) is 0.850. The summed E-state index contributed by atoms with van der Waals surface area (Å²) in [4.78, 5) is 42.5. The van der Waals surface area contributed by atoms with Gasteiger partial charge in [-0.25, -0.2) is 0 Å². The number of aliphatic carboxylic acids is 1. The standard InChI is InChI=1S/C20H33N3O4/c1-15-5-4-10-23(13-15)19(25)16-7-11-21(12-8-16)18(24)14-22-9-3-2-6-17(22)20(26)27/h15-17H,2-14H2,1H3,(H,26,27). The van der Waals surface area contributed by atoms with Crippen LogP contribution in [0.1, 0.15) is 51.9 Å². The normalized spacial score (nSPS) is 28.2.